The molecule has 4 aromatic rings. The fourth-order valence-corrected chi connectivity index (χ4v) is 5.39. The van der Waals surface area contributed by atoms with E-state index >= 15 is 0 Å². The van der Waals surface area contributed by atoms with Crippen LogP contribution in [0.15, 0.2) is 72.9 Å². The van der Waals surface area contributed by atoms with E-state index in [0.29, 0.717) is 19.5 Å². The number of aromatic nitrogens is 1. The first-order valence-electron chi connectivity index (χ1n) is 12.3. The Bertz CT molecular complexity index is 1390. The quantitative estimate of drug-likeness (QED) is 0.428. The molecule has 1 fully saturated rings. The number of ether oxygens (including phenoxy) is 3. The van der Waals surface area contributed by atoms with Crippen molar-refractivity contribution in [1.82, 2.24) is 9.88 Å². The summed E-state index contributed by atoms with van der Waals surface area (Å²) in [6, 6.07) is 22.2. The van der Waals surface area contributed by atoms with E-state index in [1.165, 1.54) is 0 Å². The van der Waals surface area contributed by atoms with E-state index in [1.54, 1.807) is 7.11 Å². The summed E-state index contributed by atoms with van der Waals surface area (Å²) in [5.74, 6) is 2.31. The van der Waals surface area contributed by atoms with Gasteiger partial charge in [0.1, 0.15) is 5.75 Å². The van der Waals surface area contributed by atoms with Crippen LogP contribution in [0.1, 0.15) is 23.5 Å². The summed E-state index contributed by atoms with van der Waals surface area (Å²) in [6.07, 6.45) is 2.38. The summed E-state index contributed by atoms with van der Waals surface area (Å²) >= 11 is 0. The molecule has 1 N–H and O–H groups in total. The summed E-state index contributed by atoms with van der Waals surface area (Å²) in [6.45, 7) is 3.07. The second-order valence-corrected chi connectivity index (χ2v) is 9.17. The molecule has 36 heavy (non-hydrogen) atoms. The van der Waals surface area contributed by atoms with Gasteiger partial charge in [0.2, 0.25) is 12.7 Å². The maximum atomic E-state index is 13.7. The van der Waals surface area contributed by atoms with Crippen molar-refractivity contribution in [3.63, 3.8) is 0 Å². The SMILES string of the molecule is COc1ccccc1N1CCN(C(=O)CC(c2cccc3c2OCO3)c2c[nH]c3ccccc23)CC1. The third-order valence-corrected chi connectivity index (χ3v) is 7.24. The molecule has 1 aromatic heterocycles. The number of para-hydroxylation sites is 4. The average Bonchev–Trinajstić information content (AvgIpc) is 3.59. The summed E-state index contributed by atoms with van der Waals surface area (Å²) in [4.78, 5) is 21.3. The number of piperazine rings is 1. The molecule has 0 radical (unpaired) electrons. The number of fused-ring (bicyclic) bond motifs is 2. The molecular weight excluding hydrogens is 454 g/mol. The van der Waals surface area contributed by atoms with Gasteiger partial charge in [0.15, 0.2) is 11.5 Å². The highest BCUT2D eigenvalue weighted by molar-refractivity contribution is 5.86. The van der Waals surface area contributed by atoms with Gasteiger partial charge in [-0.2, -0.15) is 0 Å². The Kier molecular flexibility index (Phi) is 5.89. The minimum absolute atomic E-state index is 0.140. The normalized spacial score (nSPS) is 15.8. The van der Waals surface area contributed by atoms with Crippen molar-refractivity contribution in [1.29, 1.82) is 0 Å². The molecule has 1 unspecified atom stereocenters. The van der Waals surface area contributed by atoms with Gasteiger partial charge in [-0.15, -0.1) is 0 Å². The fraction of sp³-hybridized carbons (Fsp3) is 0.276. The molecule has 2 aliphatic heterocycles. The Labute approximate surface area is 210 Å². The van der Waals surface area contributed by atoms with Crippen molar-refractivity contribution in [2.75, 3.05) is 45.0 Å². The zero-order valence-corrected chi connectivity index (χ0v) is 20.3. The van der Waals surface area contributed by atoms with Crippen molar-refractivity contribution >= 4 is 22.5 Å². The van der Waals surface area contributed by atoms with Crippen LogP contribution < -0.4 is 19.1 Å². The number of hydrogen-bond donors (Lipinski definition) is 1. The van der Waals surface area contributed by atoms with Gasteiger partial charge in [0.05, 0.1) is 12.8 Å². The van der Waals surface area contributed by atoms with Crippen LogP contribution in [0.25, 0.3) is 10.9 Å². The molecule has 3 aromatic carbocycles. The van der Waals surface area contributed by atoms with Gasteiger partial charge < -0.3 is 29.0 Å². The zero-order chi connectivity index (χ0) is 24.5. The third kappa shape index (κ3) is 4.00. The van der Waals surface area contributed by atoms with Crippen LogP contribution in [0.3, 0.4) is 0 Å². The Morgan fingerprint density at radius 1 is 0.944 bits per heavy atom. The monoisotopic (exact) mass is 483 g/mol. The number of rotatable bonds is 6. The molecule has 1 amide bonds. The van der Waals surface area contributed by atoms with E-state index < -0.39 is 0 Å². The second-order valence-electron chi connectivity index (χ2n) is 9.17. The van der Waals surface area contributed by atoms with Gasteiger partial charge >= 0.3 is 0 Å². The average molecular weight is 484 g/mol. The number of benzene rings is 3. The lowest BCUT2D eigenvalue weighted by Crippen LogP contribution is -2.49. The molecule has 7 heteroatoms. The first-order valence-corrected chi connectivity index (χ1v) is 12.3. The number of amides is 1. The topological polar surface area (TPSA) is 67.0 Å². The standard InChI is InChI=1S/C29H29N3O4/c1-34-26-11-5-4-10-25(26)31-13-15-32(16-14-31)28(33)17-22(21-8-6-12-27-29(21)36-19-35-27)23-18-30-24-9-3-2-7-20(23)24/h2-12,18,22,30H,13-17,19H2,1H3. The Hall–Kier alpha value is -4.13. The smallest absolute Gasteiger partial charge is 0.231 e. The first kappa shape index (κ1) is 22.3. The fourth-order valence-electron chi connectivity index (χ4n) is 5.39. The highest BCUT2D eigenvalue weighted by Crippen LogP contribution is 2.44. The molecule has 3 heterocycles. The molecule has 0 bridgehead atoms. The molecule has 1 saturated heterocycles. The van der Waals surface area contributed by atoms with Crippen molar-refractivity contribution in [3.8, 4) is 17.2 Å². The maximum absolute atomic E-state index is 13.7. The lowest BCUT2D eigenvalue weighted by atomic mass is 9.87. The second kappa shape index (κ2) is 9.49. The predicted octanol–water partition coefficient (Wildman–Crippen LogP) is 4.78. The van der Waals surface area contributed by atoms with Gasteiger partial charge in [0, 0.05) is 61.2 Å². The molecular formula is C29H29N3O4. The van der Waals surface area contributed by atoms with Gasteiger partial charge in [-0.3, -0.25) is 4.79 Å². The van der Waals surface area contributed by atoms with Crippen LogP contribution in [0, 0.1) is 0 Å². The van der Waals surface area contributed by atoms with Crippen LogP contribution in [0.4, 0.5) is 5.69 Å². The van der Waals surface area contributed by atoms with Gasteiger partial charge in [-0.25, -0.2) is 0 Å². The molecule has 2 aliphatic rings. The number of nitrogens with zero attached hydrogens (tertiary/aromatic N) is 2. The van der Waals surface area contributed by atoms with Crippen LogP contribution >= 0.6 is 0 Å². The number of hydrogen-bond acceptors (Lipinski definition) is 5. The van der Waals surface area contributed by atoms with Gasteiger partial charge in [0.25, 0.3) is 0 Å². The largest absolute Gasteiger partial charge is 0.495 e. The predicted molar refractivity (Wildman–Crippen MR) is 139 cm³/mol. The lowest BCUT2D eigenvalue weighted by molar-refractivity contribution is -0.131. The molecule has 0 aliphatic carbocycles. The molecule has 184 valence electrons. The highest BCUT2D eigenvalue weighted by atomic mass is 16.7. The number of aromatic amines is 1. The van der Waals surface area contributed by atoms with Gasteiger partial charge in [-0.1, -0.05) is 42.5 Å². The van der Waals surface area contributed by atoms with Gasteiger partial charge in [-0.05, 0) is 29.8 Å². The summed E-state index contributed by atoms with van der Waals surface area (Å²) in [5.41, 5.74) is 4.20. The van der Waals surface area contributed by atoms with E-state index in [1.807, 2.05) is 59.6 Å². The number of carbonyl (C=O) groups excluding carboxylic acids is 1. The number of methoxy groups -OCH3 is 1. The zero-order valence-electron chi connectivity index (χ0n) is 20.3. The van der Waals surface area contributed by atoms with Crippen LogP contribution in [0.2, 0.25) is 0 Å². The lowest BCUT2D eigenvalue weighted by Gasteiger charge is -2.37. The first-order chi connectivity index (χ1) is 17.7. The van der Waals surface area contributed by atoms with Crippen molar-refractivity contribution < 1.29 is 19.0 Å². The third-order valence-electron chi connectivity index (χ3n) is 7.24. The minimum atomic E-state index is -0.155. The van der Waals surface area contributed by atoms with E-state index in [-0.39, 0.29) is 18.6 Å². The van der Waals surface area contributed by atoms with E-state index in [2.05, 4.69) is 28.1 Å². The summed E-state index contributed by atoms with van der Waals surface area (Å²) in [5, 5.41) is 1.12. The summed E-state index contributed by atoms with van der Waals surface area (Å²) < 4.78 is 17.0. The molecule has 6 rings (SSSR count). The van der Waals surface area contributed by atoms with Crippen LogP contribution in [-0.2, 0) is 4.79 Å². The Balaban J connectivity index is 1.26. The molecule has 0 spiro atoms. The highest BCUT2D eigenvalue weighted by Gasteiger charge is 2.31. The Morgan fingerprint density at radius 3 is 2.61 bits per heavy atom. The number of carbonyl (C=O) groups is 1. The van der Waals surface area contributed by atoms with Crippen LogP contribution in [0.5, 0.6) is 17.2 Å². The molecule has 7 nitrogen and oxygen atoms in total. The number of nitrogens with one attached hydrogen (secondary N) is 1. The maximum Gasteiger partial charge on any atom is 0.231 e. The van der Waals surface area contributed by atoms with E-state index in [9.17, 15) is 4.79 Å². The molecule has 1 atom stereocenters. The van der Waals surface area contributed by atoms with E-state index in [4.69, 9.17) is 14.2 Å². The van der Waals surface area contributed by atoms with Crippen molar-refractivity contribution in [3.05, 3.63) is 84.1 Å². The van der Waals surface area contributed by atoms with E-state index in [0.717, 1.165) is 58.1 Å². The Morgan fingerprint density at radius 2 is 1.75 bits per heavy atom. The van der Waals surface area contributed by atoms with Crippen LogP contribution in [-0.4, -0.2) is 55.9 Å². The minimum Gasteiger partial charge on any atom is -0.495 e. The summed E-state index contributed by atoms with van der Waals surface area (Å²) in [7, 11) is 1.69. The molecule has 0 saturated carbocycles. The van der Waals surface area contributed by atoms with Crippen molar-refractivity contribution in [2.24, 2.45) is 0 Å². The number of anilines is 1. The number of H-pyrrole nitrogens is 1. The van der Waals surface area contributed by atoms with Crippen molar-refractivity contribution in [2.45, 2.75) is 12.3 Å².